The lowest BCUT2D eigenvalue weighted by Gasteiger charge is -2.22. The van der Waals surface area contributed by atoms with E-state index in [4.69, 9.17) is 4.74 Å². The minimum absolute atomic E-state index is 0.133. The highest BCUT2D eigenvalue weighted by Gasteiger charge is 2.31. The van der Waals surface area contributed by atoms with Gasteiger partial charge in [-0.05, 0) is 42.3 Å². The number of hydrogen-bond donors (Lipinski definition) is 1. The third-order valence-electron chi connectivity index (χ3n) is 5.13. The molecule has 0 heterocycles. The minimum atomic E-state index is -4.07. The summed E-state index contributed by atoms with van der Waals surface area (Å²) in [7, 11) is -2.45. The fourth-order valence-corrected chi connectivity index (χ4v) is 5.02. The molecule has 0 spiro atoms. The van der Waals surface area contributed by atoms with Crippen molar-refractivity contribution < 1.29 is 18.1 Å². The molecule has 0 aliphatic carbocycles. The predicted molar refractivity (Wildman–Crippen MR) is 126 cm³/mol. The van der Waals surface area contributed by atoms with Crippen LogP contribution in [0.2, 0.25) is 0 Å². The van der Waals surface area contributed by atoms with E-state index < -0.39 is 20.6 Å². The molecule has 9 heteroatoms. The van der Waals surface area contributed by atoms with Crippen LogP contribution in [-0.2, 0) is 23.1 Å². The molecule has 0 unspecified atom stereocenters. The predicted octanol–water partition coefficient (Wildman–Crippen LogP) is 3.97. The van der Waals surface area contributed by atoms with Gasteiger partial charge in [-0.2, -0.15) is 4.31 Å². The molecule has 0 aliphatic rings. The molecule has 1 N–H and O–H groups in total. The van der Waals surface area contributed by atoms with E-state index in [9.17, 15) is 18.5 Å². The maximum Gasteiger partial charge on any atom is 0.289 e. The van der Waals surface area contributed by atoms with Gasteiger partial charge in [0.05, 0.1) is 12.0 Å². The highest BCUT2D eigenvalue weighted by atomic mass is 32.2. The van der Waals surface area contributed by atoms with E-state index in [-0.39, 0.29) is 18.0 Å². The standard InChI is InChI=1S/C24H27N3O5S/c1-32-22-14-12-20(13-15-22)18-25-16-7-17-26(19-21-8-3-2-4-9-21)33(30,31)24-11-6-5-10-23(24)27(28)29/h2-6,8-15,25H,7,16-19H2,1H3. The van der Waals surface area contributed by atoms with Crippen LogP contribution in [0.1, 0.15) is 17.5 Å². The number of nitro groups is 1. The molecule has 3 aromatic rings. The average Bonchev–Trinajstić information content (AvgIpc) is 2.84. The van der Waals surface area contributed by atoms with Crippen molar-refractivity contribution in [1.29, 1.82) is 0 Å². The maximum atomic E-state index is 13.4. The van der Waals surface area contributed by atoms with Gasteiger partial charge < -0.3 is 10.1 Å². The van der Waals surface area contributed by atoms with Crippen molar-refractivity contribution >= 4 is 15.7 Å². The van der Waals surface area contributed by atoms with Gasteiger partial charge in [-0.15, -0.1) is 0 Å². The van der Waals surface area contributed by atoms with Crippen LogP contribution in [0, 0.1) is 10.1 Å². The molecule has 0 radical (unpaired) electrons. The normalized spacial score (nSPS) is 11.5. The van der Waals surface area contributed by atoms with Crippen LogP contribution in [0.3, 0.4) is 0 Å². The molecule has 0 saturated carbocycles. The summed E-state index contributed by atoms with van der Waals surface area (Å²) < 4.78 is 33.3. The van der Waals surface area contributed by atoms with Crippen molar-refractivity contribution in [2.45, 2.75) is 24.4 Å². The minimum Gasteiger partial charge on any atom is -0.497 e. The molecule has 0 bridgehead atoms. The molecule has 33 heavy (non-hydrogen) atoms. The van der Waals surface area contributed by atoms with Crippen molar-refractivity contribution in [3.8, 4) is 5.75 Å². The summed E-state index contributed by atoms with van der Waals surface area (Å²) >= 11 is 0. The van der Waals surface area contributed by atoms with E-state index in [1.807, 2.05) is 54.6 Å². The fourth-order valence-electron chi connectivity index (χ4n) is 3.39. The van der Waals surface area contributed by atoms with Gasteiger partial charge >= 0.3 is 0 Å². The van der Waals surface area contributed by atoms with Crippen LogP contribution in [-0.4, -0.2) is 37.8 Å². The molecule has 0 fully saturated rings. The number of rotatable bonds is 12. The molecule has 0 saturated heterocycles. The second-order valence-electron chi connectivity index (χ2n) is 7.43. The van der Waals surface area contributed by atoms with Crippen molar-refractivity contribution in [3.63, 3.8) is 0 Å². The first-order valence-corrected chi connectivity index (χ1v) is 12.0. The Labute approximate surface area is 194 Å². The Morgan fingerprint density at radius 2 is 1.61 bits per heavy atom. The van der Waals surface area contributed by atoms with Gasteiger partial charge in [0.2, 0.25) is 10.0 Å². The van der Waals surface area contributed by atoms with E-state index in [1.165, 1.54) is 28.6 Å². The Morgan fingerprint density at radius 1 is 0.939 bits per heavy atom. The summed E-state index contributed by atoms with van der Waals surface area (Å²) in [5.74, 6) is 0.788. The number of nitrogens with zero attached hydrogens (tertiary/aromatic N) is 2. The number of nitrogens with one attached hydrogen (secondary N) is 1. The zero-order valence-electron chi connectivity index (χ0n) is 18.4. The number of methoxy groups -OCH3 is 1. The number of benzene rings is 3. The SMILES string of the molecule is COc1ccc(CNCCCN(Cc2ccccc2)S(=O)(=O)c2ccccc2[N+](=O)[O-])cc1. The molecular weight excluding hydrogens is 442 g/mol. The third kappa shape index (κ3) is 6.61. The van der Waals surface area contributed by atoms with Crippen LogP contribution in [0.15, 0.2) is 83.8 Å². The molecule has 3 rings (SSSR count). The monoisotopic (exact) mass is 469 g/mol. The number of sulfonamides is 1. The van der Waals surface area contributed by atoms with E-state index in [0.29, 0.717) is 19.5 Å². The van der Waals surface area contributed by atoms with Crippen LogP contribution in [0.25, 0.3) is 0 Å². The molecule has 0 atom stereocenters. The largest absolute Gasteiger partial charge is 0.497 e. The van der Waals surface area contributed by atoms with Gasteiger partial charge in [0.1, 0.15) is 5.75 Å². The highest BCUT2D eigenvalue weighted by Crippen LogP contribution is 2.27. The second kappa shape index (κ2) is 11.6. The molecule has 8 nitrogen and oxygen atoms in total. The Bertz CT molecular complexity index is 1150. The van der Waals surface area contributed by atoms with Crippen LogP contribution >= 0.6 is 0 Å². The average molecular weight is 470 g/mol. The Morgan fingerprint density at radius 3 is 2.27 bits per heavy atom. The van der Waals surface area contributed by atoms with E-state index in [0.717, 1.165) is 16.9 Å². The summed E-state index contributed by atoms with van der Waals surface area (Å²) in [5.41, 5.74) is 1.48. The summed E-state index contributed by atoms with van der Waals surface area (Å²) in [6, 6.07) is 22.4. The Hall–Kier alpha value is -3.27. The van der Waals surface area contributed by atoms with Gasteiger partial charge in [-0.25, -0.2) is 8.42 Å². The molecule has 0 aliphatic heterocycles. The fraction of sp³-hybridized carbons (Fsp3) is 0.250. The van der Waals surface area contributed by atoms with Gasteiger partial charge in [-0.1, -0.05) is 54.6 Å². The number of para-hydroxylation sites is 1. The smallest absolute Gasteiger partial charge is 0.289 e. The van der Waals surface area contributed by atoms with Crippen LogP contribution < -0.4 is 10.1 Å². The van der Waals surface area contributed by atoms with Gasteiger partial charge in [0, 0.05) is 25.7 Å². The molecule has 0 amide bonds. The quantitative estimate of drug-likeness (QED) is 0.245. The van der Waals surface area contributed by atoms with Crippen LogP contribution in [0.4, 0.5) is 5.69 Å². The zero-order chi connectivity index (χ0) is 23.7. The van der Waals surface area contributed by atoms with Crippen molar-refractivity contribution in [3.05, 3.63) is 100 Å². The molecule has 174 valence electrons. The number of hydrogen-bond acceptors (Lipinski definition) is 6. The third-order valence-corrected chi connectivity index (χ3v) is 7.02. The Kier molecular flexibility index (Phi) is 8.53. The first kappa shape index (κ1) is 24.4. The highest BCUT2D eigenvalue weighted by molar-refractivity contribution is 7.89. The molecule has 3 aromatic carbocycles. The lowest BCUT2D eigenvalue weighted by Crippen LogP contribution is -2.33. The number of nitro benzene ring substituents is 1. The summed E-state index contributed by atoms with van der Waals surface area (Å²) in [6.07, 6.45) is 0.544. The zero-order valence-corrected chi connectivity index (χ0v) is 19.2. The van der Waals surface area contributed by atoms with Gasteiger partial charge in [-0.3, -0.25) is 10.1 Å². The molecule has 0 aromatic heterocycles. The van der Waals surface area contributed by atoms with Crippen molar-refractivity contribution in [2.24, 2.45) is 0 Å². The first-order chi connectivity index (χ1) is 15.9. The van der Waals surface area contributed by atoms with E-state index in [1.54, 1.807) is 7.11 Å². The summed E-state index contributed by atoms with van der Waals surface area (Å²) in [5, 5.41) is 14.7. The first-order valence-electron chi connectivity index (χ1n) is 10.5. The van der Waals surface area contributed by atoms with Crippen molar-refractivity contribution in [2.75, 3.05) is 20.2 Å². The lowest BCUT2D eigenvalue weighted by molar-refractivity contribution is -0.387. The summed E-state index contributed by atoms with van der Waals surface area (Å²) in [4.78, 5) is 10.5. The van der Waals surface area contributed by atoms with Crippen molar-refractivity contribution in [1.82, 2.24) is 9.62 Å². The van der Waals surface area contributed by atoms with E-state index in [2.05, 4.69) is 5.32 Å². The van der Waals surface area contributed by atoms with Crippen LogP contribution in [0.5, 0.6) is 5.75 Å². The van der Waals surface area contributed by atoms with E-state index >= 15 is 0 Å². The second-order valence-corrected chi connectivity index (χ2v) is 9.33. The summed E-state index contributed by atoms with van der Waals surface area (Å²) in [6.45, 7) is 1.58. The maximum absolute atomic E-state index is 13.4. The Balaban J connectivity index is 1.69. The van der Waals surface area contributed by atoms with Gasteiger partial charge in [0.15, 0.2) is 4.90 Å². The molecular formula is C24H27N3O5S. The van der Waals surface area contributed by atoms with Gasteiger partial charge in [0.25, 0.3) is 5.69 Å². The topological polar surface area (TPSA) is 102 Å². The number of ether oxygens (including phenoxy) is 1. The lowest BCUT2D eigenvalue weighted by atomic mass is 10.2.